The average molecular weight is 893 g/mol. The number of amides is 1. The van der Waals surface area contributed by atoms with Gasteiger partial charge in [-0.2, -0.15) is 0 Å². The van der Waals surface area contributed by atoms with Gasteiger partial charge in [0.25, 0.3) is 5.91 Å². The lowest BCUT2D eigenvalue weighted by atomic mass is 9.81. The summed E-state index contributed by atoms with van der Waals surface area (Å²) in [6.07, 6.45) is 7.09. The third-order valence-corrected chi connectivity index (χ3v) is 14.7. The molecule has 1 aromatic heterocycles. The highest BCUT2D eigenvalue weighted by Gasteiger charge is 2.36. The van der Waals surface area contributed by atoms with Crippen molar-refractivity contribution in [3.8, 4) is 17.2 Å². The fourth-order valence-corrected chi connectivity index (χ4v) is 11.6. The molecule has 6 heterocycles. The molecular weight excluding hydrogens is 840 g/mol. The van der Waals surface area contributed by atoms with Gasteiger partial charge in [-0.3, -0.25) is 4.79 Å². The lowest BCUT2D eigenvalue weighted by Crippen LogP contribution is -2.45. The fourth-order valence-electron chi connectivity index (χ4n) is 11.3. The molecule has 1 amide bonds. The van der Waals surface area contributed by atoms with Crippen LogP contribution in [0.5, 0.6) is 17.2 Å². The predicted octanol–water partition coefficient (Wildman–Crippen LogP) is 7.16. The van der Waals surface area contributed by atoms with Gasteiger partial charge in [-0.05, 0) is 129 Å². The largest absolute Gasteiger partial charge is 0.497 e. The standard InChI is InChI=1S/C52H51BrN4O5/c1-30-37(41-28-36(61-2)16-18-45(41)57(30)29-31-11-14-35(53)15-12-31)19-20-54-51(58)34-13-17-38(42(27-34)52(59)60)46-43-25-32-7-3-21-55-23-5-9-39(47(32)55)49(43)62-50-40-10-6-24-56-22-4-8-33(48(40)56)26-44(46)50/h11-18,25-28,52,59-60H,3-10,19-24,29H2,1-2H3/p+1. The molecule has 10 heteroatoms. The number of fused-ring (bicyclic) bond motifs is 5. The summed E-state index contributed by atoms with van der Waals surface area (Å²) in [5.74, 6) is 2.35. The normalized spacial score (nSPS) is 16.1. The molecule has 0 radical (unpaired) electrons. The molecule has 0 unspecified atom stereocenters. The van der Waals surface area contributed by atoms with Crippen LogP contribution in [0.3, 0.4) is 0 Å². The maximum atomic E-state index is 14.0. The number of aliphatic hydroxyl groups is 2. The van der Waals surface area contributed by atoms with Crippen molar-refractivity contribution in [2.75, 3.05) is 44.7 Å². The van der Waals surface area contributed by atoms with E-state index in [4.69, 9.17) is 9.47 Å². The molecule has 11 rings (SSSR count). The molecule has 5 aliphatic rings. The van der Waals surface area contributed by atoms with Gasteiger partial charge >= 0.3 is 0 Å². The van der Waals surface area contributed by atoms with E-state index in [1.807, 2.05) is 18.2 Å². The molecule has 62 heavy (non-hydrogen) atoms. The van der Waals surface area contributed by atoms with Gasteiger partial charge in [-0.25, -0.2) is 4.58 Å². The van der Waals surface area contributed by atoms with Crippen LogP contribution in [0.15, 0.2) is 77.3 Å². The molecule has 3 N–H and O–H groups in total. The Morgan fingerprint density at radius 2 is 1.65 bits per heavy atom. The molecule has 0 bridgehead atoms. The second-order valence-corrected chi connectivity index (χ2v) is 18.6. The second-order valence-electron chi connectivity index (χ2n) is 17.7. The summed E-state index contributed by atoms with van der Waals surface area (Å²) >= 11 is 3.56. The minimum Gasteiger partial charge on any atom is -0.497 e. The highest BCUT2D eigenvalue weighted by Crippen LogP contribution is 2.49. The first-order valence-corrected chi connectivity index (χ1v) is 23.2. The number of ether oxygens (including phenoxy) is 2. The maximum Gasteiger partial charge on any atom is 0.251 e. The smallest absolute Gasteiger partial charge is 0.251 e. The van der Waals surface area contributed by atoms with Crippen molar-refractivity contribution in [3.63, 3.8) is 0 Å². The van der Waals surface area contributed by atoms with Crippen LogP contribution in [-0.4, -0.2) is 60.5 Å². The van der Waals surface area contributed by atoms with E-state index in [9.17, 15) is 15.0 Å². The summed E-state index contributed by atoms with van der Waals surface area (Å²) in [6.45, 7) is 7.52. The second kappa shape index (κ2) is 15.7. The molecule has 6 aromatic rings. The van der Waals surface area contributed by atoms with Crippen LogP contribution in [-0.2, 0) is 38.6 Å². The number of anilines is 1. The van der Waals surface area contributed by atoms with Gasteiger partial charge < -0.3 is 34.5 Å². The Morgan fingerprint density at radius 3 is 2.45 bits per heavy atom. The average Bonchev–Trinajstić information content (AvgIpc) is 3.55. The zero-order valence-corrected chi connectivity index (χ0v) is 37.0. The van der Waals surface area contributed by atoms with Crippen LogP contribution < -0.4 is 34.8 Å². The molecule has 0 saturated heterocycles. The Kier molecular flexibility index (Phi) is 10.0. The summed E-state index contributed by atoms with van der Waals surface area (Å²) < 4.78 is 18.8. The third-order valence-electron chi connectivity index (χ3n) is 14.1. The van der Waals surface area contributed by atoms with Crippen LogP contribution in [0.2, 0.25) is 0 Å². The number of aliphatic hydroxyl groups excluding tert-OH is 1. The van der Waals surface area contributed by atoms with Gasteiger partial charge in [0.05, 0.1) is 12.7 Å². The summed E-state index contributed by atoms with van der Waals surface area (Å²) in [4.78, 5) is 16.6. The molecule has 0 fully saturated rings. The Hall–Kier alpha value is -5.42. The van der Waals surface area contributed by atoms with E-state index in [1.54, 1.807) is 13.2 Å². The number of hydrogen-bond donors (Lipinski definition) is 3. The van der Waals surface area contributed by atoms with Gasteiger partial charge in [0.1, 0.15) is 30.3 Å². The number of nitrogens with zero attached hydrogens (tertiary/aromatic N) is 3. The number of methoxy groups -OCH3 is 1. The lowest BCUT2D eigenvalue weighted by Gasteiger charge is -2.39. The van der Waals surface area contributed by atoms with Crippen molar-refractivity contribution in [2.45, 2.75) is 77.5 Å². The molecule has 316 valence electrons. The molecular formula is C52H52BrN4O5+. The molecule has 5 aliphatic heterocycles. The summed E-state index contributed by atoms with van der Waals surface area (Å²) in [7, 11) is 1.68. The summed E-state index contributed by atoms with van der Waals surface area (Å²) in [5.41, 5.74) is 14.6. The van der Waals surface area contributed by atoms with E-state index in [-0.39, 0.29) is 5.91 Å². The molecule has 0 spiro atoms. The first-order valence-electron chi connectivity index (χ1n) is 22.4. The van der Waals surface area contributed by atoms with Crippen LogP contribution in [0.4, 0.5) is 5.69 Å². The number of nitrogens with one attached hydrogen (secondary N) is 1. The van der Waals surface area contributed by atoms with Gasteiger partial charge in [0.15, 0.2) is 6.29 Å². The van der Waals surface area contributed by atoms with Crippen LogP contribution >= 0.6 is 15.9 Å². The Balaban J connectivity index is 0.971. The molecule has 0 saturated carbocycles. The topological polar surface area (TPSA) is 99.2 Å². The number of hydrogen-bond acceptors (Lipinski definition) is 6. The van der Waals surface area contributed by atoms with E-state index in [2.05, 4.69) is 90.7 Å². The van der Waals surface area contributed by atoms with E-state index >= 15 is 0 Å². The van der Waals surface area contributed by atoms with E-state index in [0.29, 0.717) is 24.1 Å². The molecule has 5 aromatic carbocycles. The number of carbonyl (C=O) groups is 1. The maximum absolute atomic E-state index is 14.0. The van der Waals surface area contributed by atoms with Gasteiger partial charge in [-0.15, -0.1) is 0 Å². The van der Waals surface area contributed by atoms with E-state index in [1.165, 1.54) is 38.9 Å². The number of rotatable bonds is 9. The summed E-state index contributed by atoms with van der Waals surface area (Å²) in [6, 6.07) is 24.7. The van der Waals surface area contributed by atoms with Crippen molar-refractivity contribution in [2.24, 2.45) is 0 Å². The number of benzene rings is 5. The van der Waals surface area contributed by atoms with Crippen molar-refractivity contribution >= 4 is 44.0 Å². The highest BCUT2D eigenvalue weighted by atomic mass is 79.9. The number of halogens is 1. The van der Waals surface area contributed by atoms with Crippen LogP contribution in [0.25, 0.3) is 16.5 Å². The monoisotopic (exact) mass is 891 g/mol. The first-order chi connectivity index (χ1) is 30.2. The van der Waals surface area contributed by atoms with Crippen molar-refractivity contribution in [1.29, 1.82) is 0 Å². The lowest BCUT2D eigenvalue weighted by molar-refractivity contribution is -0.0426. The minimum atomic E-state index is -1.80. The van der Waals surface area contributed by atoms with E-state index < -0.39 is 6.29 Å². The number of aryl methyl sites for hydroxylation is 2. The van der Waals surface area contributed by atoms with E-state index in [0.717, 1.165) is 150 Å². The van der Waals surface area contributed by atoms with Gasteiger partial charge in [0.2, 0.25) is 5.36 Å². The predicted molar refractivity (Wildman–Crippen MR) is 246 cm³/mol. The van der Waals surface area contributed by atoms with Crippen molar-refractivity contribution in [3.05, 3.63) is 149 Å². The zero-order valence-electron chi connectivity index (χ0n) is 35.5. The van der Waals surface area contributed by atoms with Gasteiger partial charge in [0, 0.05) is 104 Å². The molecule has 0 aliphatic carbocycles. The third kappa shape index (κ3) is 6.56. The van der Waals surface area contributed by atoms with Crippen molar-refractivity contribution in [1.82, 2.24) is 14.5 Å². The number of aromatic nitrogens is 1. The first kappa shape index (κ1) is 39.4. The van der Waals surface area contributed by atoms with Crippen LogP contribution in [0, 0.1) is 6.92 Å². The zero-order chi connectivity index (χ0) is 42.2. The highest BCUT2D eigenvalue weighted by molar-refractivity contribution is 9.10. The van der Waals surface area contributed by atoms with Crippen LogP contribution in [0.1, 0.15) is 98.1 Å². The minimum absolute atomic E-state index is 0.262. The molecule has 0 atom stereocenters. The Labute approximate surface area is 370 Å². The SMILES string of the molecule is COc1ccc2c(c1)c(CCNC(=O)c1ccc(C3=c4cc5c6c(c4Oc4c3cc3c7c4CCCN7CCC3)CCC[N+]=6CCC5)c(C(O)O)c1)c(C)n2Cc1ccc(Br)cc1. The quantitative estimate of drug-likeness (QED) is 0.105. The Bertz CT molecular complexity index is 2960. The number of carbonyl (C=O) groups excluding carboxylic acids is 1. The molecule has 9 nitrogen and oxygen atoms in total. The summed E-state index contributed by atoms with van der Waals surface area (Å²) in [5, 5.41) is 29.0. The fraction of sp³-hybridized carbons (Fsp3) is 0.346. The Morgan fingerprint density at radius 1 is 0.871 bits per heavy atom. The van der Waals surface area contributed by atoms with Gasteiger partial charge in [-0.1, -0.05) is 34.1 Å². The van der Waals surface area contributed by atoms with Crippen molar-refractivity contribution < 1.29 is 24.5 Å².